The highest BCUT2D eigenvalue weighted by Crippen LogP contribution is 2.33. The molecule has 0 N–H and O–H groups in total. The van der Waals surface area contributed by atoms with Crippen LogP contribution >= 0.6 is 11.5 Å². The van der Waals surface area contributed by atoms with Crippen molar-refractivity contribution in [3.8, 4) is 16.7 Å². The molecule has 8 heteroatoms. The zero-order valence-electron chi connectivity index (χ0n) is 17.0. The molecule has 2 aromatic carbocycles. The molecule has 0 atom stereocenters. The minimum atomic E-state index is -0.0527. The molecule has 1 aromatic heterocycles. The molecule has 30 heavy (non-hydrogen) atoms. The number of morpholine rings is 1. The van der Waals surface area contributed by atoms with E-state index in [0.29, 0.717) is 60.8 Å². The van der Waals surface area contributed by atoms with E-state index < -0.39 is 0 Å². The molecule has 7 nitrogen and oxygen atoms in total. The number of aryl methyl sites for hydroxylation is 1. The SMILES string of the molecule is COc1ccc(C(=O)N2CCOCC2)cc1Oc1nc(Cc2ccc(C)cc2)ns1. The molecule has 0 bridgehead atoms. The van der Waals surface area contributed by atoms with Crippen molar-refractivity contribution in [1.82, 2.24) is 14.3 Å². The van der Waals surface area contributed by atoms with Crippen LogP contribution in [0.3, 0.4) is 0 Å². The molecule has 2 heterocycles. The number of hydrogen-bond donors (Lipinski definition) is 0. The Hall–Kier alpha value is -2.97. The highest BCUT2D eigenvalue weighted by atomic mass is 32.1. The zero-order valence-corrected chi connectivity index (χ0v) is 17.8. The maximum absolute atomic E-state index is 12.8. The molecular formula is C22H23N3O4S. The number of carbonyl (C=O) groups is 1. The van der Waals surface area contributed by atoms with Crippen molar-refractivity contribution < 1.29 is 19.0 Å². The molecule has 0 aliphatic carbocycles. The Labute approximate surface area is 179 Å². The predicted molar refractivity (Wildman–Crippen MR) is 114 cm³/mol. The summed E-state index contributed by atoms with van der Waals surface area (Å²) in [5.41, 5.74) is 2.89. The molecule has 0 unspecified atom stereocenters. The number of aromatic nitrogens is 2. The molecule has 1 amide bonds. The van der Waals surface area contributed by atoms with Gasteiger partial charge in [0.15, 0.2) is 17.3 Å². The van der Waals surface area contributed by atoms with E-state index in [4.69, 9.17) is 14.2 Å². The quantitative estimate of drug-likeness (QED) is 0.599. The van der Waals surface area contributed by atoms with Gasteiger partial charge in [-0.05, 0) is 30.7 Å². The molecule has 0 saturated carbocycles. The van der Waals surface area contributed by atoms with Crippen molar-refractivity contribution >= 4 is 17.4 Å². The minimum absolute atomic E-state index is 0.0527. The third-order valence-corrected chi connectivity index (χ3v) is 5.47. The summed E-state index contributed by atoms with van der Waals surface area (Å²) in [4.78, 5) is 19.0. The van der Waals surface area contributed by atoms with E-state index >= 15 is 0 Å². The van der Waals surface area contributed by atoms with E-state index in [1.54, 1.807) is 30.2 Å². The van der Waals surface area contributed by atoms with E-state index in [-0.39, 0.29) is 5.91 Å². The molecular weight excluding hydrogens is 402 g/mol. The number of methoxy groups -OCH3 is 1. The second-order valence-electron chi connectivity index (χ2n) is 7.01. The van der Waals surface area contributed by atoms with Crippen molar-refractivity contribution in [2.24, 2.45) is 0 Å². The van der Waals surface area contributed by atoms with Gasteiger partial charge in [0, 0.05) is 36.6 Å². The van der Waals surface area contributed by atoms with E-state index in [2.05, 4.69) is 40.5 Å². The predicted octanol–water partition coefficient (Wildman–Crippen LogP) is 3.71. The summed E-state index contributed by atoms with van der Waals surface area (Å²) in [5.74, 6) is 1.61. The molecule has 1 aliphatic heterocycles. The van der Waals surface area contributed by atoms with Gasteiger partial charge < -0.3 is 19.1 Å². The smallest absolute Gasteiger partial charge is 0.298 e. The van der Waals surface area contributed by atoms with Gasteiger partial charge in [-0.2, -0.15) is 9.36 Å². The number of hydrogen-bond acceptors (Lipinski definition) is 7. The van der Waals surface area contributed by atoms with Crippen LogP contribution in [0.1, 0.15) is 27.3 Å². The normalized spacial score (nSPS) is 13.9. The average Bonchev–Trinajstić information content (AvgIpc) is 3.22. The Morgan fingerprint density at radius 3 is 2.63 bits per heavy atom. The van der Waals surface area contributed by atoms with Crippen LogP contribution in [0.15, 0.2) is 42.5 Å². The third-order valence-electron chi connectivity index (χ3n) is 4.84. The molecule has 1 fully saturated rings. The van der Waals surface area contributed by atoms with Gasteiger partial charge in [0.2, 0.25) is 0 Å². The summed E-state index contributed by atoms with van der Waals surface area (Å²) in [6, 6.07) is 13.4. The number of ether oxygens (including phenoxy) is 3. The van der Waals surface area contributed by atoms with Crippen LogP contribution < -0.4 is 9.47 Å². The summed E-state index contributed by atoms with van der Waals surface area (Å²) in [7, 11) is 1.56. The topological polar surface area (TPSA) is 73.8 Å². The lowest BCUT2D eigenvalue weighted by atomic mass is 10.1. The monoisotopic (exact) mass is 425 g/mol. The number of benzene rings is 2. The fourth-order valence-electron chi connectivity index (χ4n) is 3.17. The van der Waals surface area contributed by atoms with Gasteiger partial charge in [-0.1, -0.05) is 29.8 Å². The van der Waals surface area contributed by atoms with Crippen LogP contribution in [-0.2, 0) is 11.2 Å². The Bertz CT molecular complexity index is 1010. The van der Waals surface area contributed by atoms with Gasteiger partial charge in [0.1, 0.15) is 0 Å². The van der Waals surface area contributed by atoms with Gasteiger partial charge >= 0.3 is 0 Å². The first-order valence-corrected chi connectivity index (χ1v) is 10.5. The van der Waals surface area contributed by atoms with E-state index in [0.717, 1.165) is 5.56 Å². The van der Waals surface area contributed by atoms with Crippen LogP contribution in [-0.4, -0.2) is 53.6 Å². The first kappa shape index (κ1) is 20.3. The Morgan fingerprint density at radius 2 is 1.90 bits per heavy atom. The molecule has 1 saturated heterocycles. The summed E-state index contributed by atoms with van der Waals surface area (Å²) >= 11 is 1.18. The lowest BCUT2D eigenvalue weighted by molar-refractivity contribution is 0.0302. The second kappa shape index (κ2) is 9.23. The van der Waals surface area contributed by atoms with Gasteiger partial charge in [0.05, 0.1) is 20.3 Å². The van der Waals surface area contributed by atoms with Gasteiger partial charge in [0.25, 0.3) is 11.1 Å². The van der Waals surface area contributed by atoms with Crippen LogP contribution in [0.2, 0.25) is 0 Å². The molecule has 1 aliphatic rings. The lowest BCUT2D eigenvalue weighted by Crippen LogP contribution is -2.40. The van der Waals surface area contributed by atoms with Gasteiger partial charge in [-0.25, -0.2) is 0 Å². The number of carbonyl (C=O) groups excluding carboxylic acids is 1. The van der Waals surface area contributed by atoms with Crippen LogP contribution in [0, 0.1) is 6.92 Å². The fourth-order valence-corrected chi connectivity index (χ4v) is 3.73. The number of nitrogens with zero attached hydrogens (tertiary/aromatic N) is 3. The summed E-state index contributed by atoms with van der Waals surface area (Å²) < 4.78 is 21.1. The largest absolute Gasteiger partial charge is 0.493 e. The standard InChI is InChI=1S/C22H23N3O4S/c1-15-3-5-16(6-4-15)13-20-23-22(30-24-20)29-19-14-17(7-8-18(19)27-2)21(26)25-9-11-28-12-10-25/h3-8,14H,9-13H2,1-2H3. The molecule has 0 spiro atoms. The molecule has 4 rings (SSSR count). The van der Waals surface area contributed by atoms with E-state index in [9.17, 15) is 4.79 Å². The van der Waals surface area contributed by atoms with Gasteiger partial charge in [-0.3, -0.25) is 4.79 Å². The minimum Gasteiger partial charge on any atom is -0.493 e. The summed E-state index contributed by atoms with van der Waals surface area (Å²) in [6.07, 6.45) is 0.632. The van der Waals surface area contributed by atoms with Crippen molar-refractivity contribution in [3.05, 3.63) is 65.0 Å². The summed E-state index contributed by atoms with van der Waals surface area (Å²) in [6.45, 7) is 4.33. The second-order valence-corrected chi connectivity index (χ2v) is 7.73. The Morgan fingerprint density at radius 1 is 1.13 bits per heavy atom. The van der Waals surface area contributed by atoms with Crippen LogP contribution in [0.25, 0.3) is 0 Å². The fraction of sp³-hybridized carbons (Fsp3) is 0.318. The van der Waals surface area contributed by atoms with Crippen LogP contribution in [0.5, 0.6) is 16.7 Å². The van der Waals surface area contributed by atoms with Crippen LogP contribution in [0.4, 0.5) is 0 Å². The molecule has 0 radical (unpaired) electrons. The van der Waals surface area contributed by atoms with Crippen molar-refractivity contribution in [3.63, 3.8) is 0 Å². The maximum Gasteiger partial charge on any atom is 0.298 e. The first-order chi connectivity index (χ1) is 14.6. The highest BCUT2D eigenvalue weighted by Gasteiger charge is 2.21. The van der Waals surface area contributed by atoms with Crippen molar-refractivity contribution in [1.29, 1.82) is 0 Å². The average molecular weight is 426 g/mol. The van der Waals surface area contributed by atoms with Crippen molar-refractivity contribution in [2.45, 2.75) is 13.3 Å². The Balaban J connectivity index is 1.50. The number of amides is 1. The first-order valence-electron chi connectivity index (χ1n) is 9.73. The van der Waals surface area contributed by atoms with Crippen molar-refractivity contribution in [2.75, 3.05) is 33.4 Å². The number of rotatable bonds is 6. The van der Waals surface area contributed by atoms with E-state index in [1.807, 2.05) is 0 Å². The third kappa shape index (κ3) is 4.77. The molecule has 3 aromatic rings. The van der Waals surface area contributed by atoms with Gasteiger partial charge in [-0.15, -0.1) is 0 Å². The summed E-state index contributed by atoms with van der Waals surface area (Å²) in [5, 5.41) is 0.409. The lowest BCUT2D eigenvalue weighted by Gasteiger charge is -2.27. The Kier molecular flexibility index (Phi) is 6.25. The van der Waals surface area contributed by atoms with E-state index in [1.165, 1.54) is 17.1 Å². The molecule has 156 valence electrons. The highest BCUT2D eigenvalue weighted by molar-refractivity contribution is 7.07. The maximum atomic E-state index is 12.8. The zero-order chi connectivity index (χ0) is 20.9.